The minimum absolute atomic E-state index is 0.0675. The largest absolute Gasteiger partial charge is 0.462 e. The quantitative estimate of drug-likeness (QED) is 0.385. The molecular weight excluding hydrogens is 462 g/mol. The molecule has 0 amide bonds. The predicted molar refractivity (Wildman–Crippen MR) is 83.9 cm³/mol. The van der Waals surface area contributed by atoms with E-state index in [0.29, 0.717) is 11.0 Å². The van der Waals surface area contributed by atoms with Gasteiger partial charge in [0.15, 0.2) is 5.58 Å². The fourth-order valence-electron chi connectivity index (χ4n) is 1.51. The average molecular weight is 470 g/mol. The van der Waals surface area contributed by atoms with E-state index < -0.39 is 11.6 Å². The molecule has 0 aliphatic heterocycles. The Kier molecular flexibility index (Phi) is 4.25. The molecule has 0 bridgehead atoms. The fourth-order valence-corrected chi connectivity index (χ4v) is 3.51. The second-order valence-electron chi connectivity index (χ2n) is 3.47. The highest BCUT2D eigenvalue weighted by molar-refractivity contribution is 14.1. The van der Waals surface area contributed by atoms with Gasteiger partial charge in [0.1, 0.15) is 5.56 Å². The lowest BCUT2D eigenvalue weighted by molar-refractivity contribution is 0.0522. The van der Waals surface area contributed by atoms with E-state index in [1.165, 1.54) is 6.07 Å². The van der Waals surface area contributed by atoms with Gasteiger partial charge in [-0.2, -0.15) is 0 Å². The van der Waals surface area contributed by atoms with E-state index in [1.807, 2.05) is 12.1 Å². The van der Waals surface area contributed by atoms with E-state index in [-0.39, 0.29) is 12.2 Å². The highest BCUT2D eigenvalue weighted by atomic mass is 127. The maximum atomic E-state index is 11.7. The maximum absolute atomic E-state index is 11.7. The van der Waals surface area contributed by atoms with Crippen LogP contribution in [0.15, 0.2) is 27.4 Å². The number of hydrogen-bond acceptors (Lipinski definition) is 4. The van der Waals surface area contributed by atoms with Crippen LogP contribution in [0.4, 0.5) is 0 Å². The number of carbonyl (C=O) groups is 1. The van der Waals surface area contributed by atoms with Crippen LogP contribution in [0.25, 0.3) is 11.0 Å². The third kappa shape index (κ3) is 2.68. The molecule has 0 unspecified atom stereocenters. The Bertz CT molecular complexity index is 676. The zero-order valence-corrected chi connectivity index (χ0v) is 13.6. The van der Waals surface area contributed by atoms with Crippen LogP contribution in [0.2, 0.25) is 0 Å². The molecule has 18 heavy (non-hydrogen) atoms. The maximum Gasteiger partial charge on any atom is 0.351 e. The molecule has 4 nitrogen and oxygen atoms in total. The molecule has 0 aliphatic carbocycles. The van der Waals surface area contributed by atoms with E-state index in [1.54, 1.807) is 6.92 Å². The standard InChI is InChI=1S/C12H8I2O4/c1-2-17-11(15)8-4-6-3-7(13)5-9(14)10(6)18-12(8)16/h3-5H,2H2,1H3. The van der Waals surface area contributed by atoms with Gasteiger partial charge < -0.3 is 9.15 Å². The molecule has 94 valence electrons. The van der Waals surface area contributed by atoms with Crippen LogP contribution < -0.4 is 5.63 Å². The molecule has 1 heterocycles. The SMILES string of the molecule is CCOC(=O)c1cc2cc(I)cc(I)c2oc1=O. The highest BCUT2D eigenvalue weighted by Gasteiger charge is 2.16. The molecule has 0 saturated carbocycles. The van der Waals surface area contributed by atoms with Gasteiger partial charge in [0, 0.05) is 8.96 Å². The van der Waals surface area contributed by atoms with Crippen LogP contribution in [0.5, 0.6) is 0 Å². The van der Waals surface area contributed by atoms with Crippen molar-refractivity contribution in [1.29, 1.82) is 0 Å². The highest BCUT2D eigenvalue weighted by Crippen LogP contribution is 2.23. The van der Waals surface area contributed by atoms with Gasteiger partial charge in [-0.25, -0.2) is 9.59 Å². The molecule has 1 aromatic carbocycles. The molecule has 2 aromatic rings. The van der Waals surface area contributed by atoms with Crippen LogP contribution in [-0.2, 0) is 4.74 Å². The number of benzene rings is 1. The van der Waals surface area contributed by atoms with Crippen LogP contribution in [0.3, 0.4) is 0 Å². The minimum Gasteiger partial charge on any atom is -0.462 e. The Hall–Kier alpha value is -0.640. The monoisotopic (exact) mass is 470 g/mol. The van der Waals surface area contributed by atoms with E-state index in [0.717, 1.165) is 7.14 Å². The first kappa shape index (κ1) is 13.8. The van der Waals surface area contributed by atoms with Gasteiger partial charge in [0.2, 0.25) is 0 Å². The fraction of sp³-hybridized carbons (Fsp3) is 0.167. The smallest absolute Gasteiger partial charge is 0.351 e. The molecule has 0 saturated heterocycles. The summed E-state index contributed by atoms with van der Waals surface area (Å²) in [7, 11) is 0. The van der Waals surface area contributed by atoms with Crippen molar-refractivity contribution in [3.8, 4) is 0 Å². The third-order valence-electron chi connectivity index (χ3n) is 2.25. The second-order valence-corrected chi connectivity index (χ2v) is 5.88. The molecule has 2 rings (SSSR count). The summed E-state index contributed by atoms with van der Waals surface area (Å²) < 4.78 is 11.8. The van der Waals surface area contributed by atoms with Crippen molar-refractivity contribution in [1.82, 2.24) is 0 Å². The minimum atomic E-state index is -0.667. The van der Waals surface area contributed by atoms with Crippen molar-refractivity contribution in [3.63, 3.8) is 0 Å². The summed E-state index contributed by atoms with van der Waals surface area (Å²) in [6.07, 6.45) is 0. The van der Waals surface area contributed by atoms with Crippen LogP contribution in [0, 0.1) is 7.14 Å². The van der Waals surface area contributed by atoms with Gasteiger partial charge in [-0.05, 0) is 70.3 Å². The Morgan fingerprint density at radius 2 is 2.06 bits per heavy atom. The van der Waals surface area contributed by atoms with Crippen molar-refractivity contribution in [3.05, 3.63) is 41.3 Å². The third-order valence-corrected chi connectivity index (χ3v) is 3.67. The van der Waals surface area contributed by atoms with Crippen molar-refractivity contribution in [2.24, 2.45) is 0 Å². The predicted octanol–water partition coefficient (Wildman–Crippen LogP) is 3.18. The molecule has 0 spiro atoms. The van der Waals surface area contributed by atoms with E-state index >= 15 is 0 Å². The van der Waals surface area contributed by atoms with Crippen molar-refractivity contribution < 1.29 is 13.9 Å². The Morgan fingerprint density at radius 1 is 1.33 bits per heavy atom. The van der Waals surface area contributed by atoms with Gasteiger partial charge in [-0.15, -0.1) is 0 Å². The summed E-state index contributed by atoms with van der Waals surface area (Å²) in [5.74, 6) is -0.651. The van der Waals surface area contributed by atoms with E-state index in [4.69, 9.17) is 9.15 Å². The summed E-state index contributed by atoms with van der Waals surface area (Å²) in [4.78, 5) is 23.3. The zero-order chi connectivity index (χ0) is 13.3. The van der Waals surface area contributed by atoms with Crippen LogP contribution >= 0.6 is 45.2 Å². The first-order chi connectivity index (χ1) is 8.52. The molecular formula is C12H8I2O4. The lowest BCUT2D eigenvalue weighted by Crippen LogP contribution is -2.16. The van der Waals surface area contributed by atoms with Crippen molar-refractivity contribution in [2.75, 3.05) is 6.61 Å². The summed E-state index contributed by atoms with van der Waals surface area (Å²) in [5, 5.41) is 0.717. The number of carbonyl (C=O) groups excluding carboxylic acids is 1. The van der Waals surface area contributed by atoms with Gasteiger partial charge in [-0.1, -0.05) is 0 Å². The number of ether oxygens (including phenoxy) is 1. The Morgan fingerprint density at radius 3 is 2.72 bits per heavy atom. The normalized spacial score (nSPS) is 10.6. The molecule has 0 aliphatic rings. The number of hydrogen-bond donors (Lipinski definition) is 0. The van der Waals surface area contributed by atoms with Crippen molar-refractivity contribution in [2.45, 2.75) is 6.92 Å². The topological polar surface area (TPSA) is 56.5 Å². The lowest BCUT2D eigenvalue weighted by Gasteiger charge is -2.04. The second kappa shape index (κ2) is 5.55. The van der Waals surface area contributed by atoms with Gasteiger partial charge in [0.25, 0.3) is 0 Å². The van der Waals surface area contributed by atoms with Gasteiger partial charge in [0.05, 0.1) is 10.2 Å². The van der Waals surface area contributed by atoms with Crippen LogP contribution in [0.1, 0.15) is 17.3 Å². The zero-order valence-electron chi connectivity index (χ0n) is 9.33. The average Bonchev–Trinajstić information content (AvgIpc) is 2.29. The van der Waals surface area contributed by atoms with E-state index in [2.05, 4.69) is 45.2 Å². The van der Waals surface area contributed by atoms with E-state index in [9.17, 15) is 9.59 Å². The number of fused-ring (bicyclic) bond motifs is 1. The number of halogens is 2. The first-order valence-electron chi connectivity index (χ1n) is 5.13. The summed E-state index contributed by atoms with van der Waals surface area (Å²) >= 11 is 4.26. The molecule has 0 atom stereocenters. The molecule has 0 radical (unpaired) electrons. The summed E-state index contributed by atoms with van der Waals surface area (Å²) in [6, 6.07) is 5.27. The number of rotatable bonds is 2. The lowest BCUT2D eigenvalue weighted by atomic mass is 10.2. The molecule has 0 fully saturated rings. The molecule has 1 aromatic heterocycles. The molecule has 0 N–H and O–H groups in total. The van der Waals surface area contributed by atoms with Crippen LogP contribution in [-0.4, -0.2) is 12.6 Å². The van der Waals surface area contributed by atoms with Gasteiger partial charge >= 0.3 is 11.6 Å². The molecule has 6 heteroatoms. The Balaban J connectivity index is 2.68. The number of esters is 1. The Labute approximate surface area is 130 Å². The van der Waals surface area contributed by atoms with Gasteiger partial charge in [-0.3, -0.25) is 0 Å². The summed E-state index contributed by atoms with van der Waals surface area (Å²) in [5.41, 5.74) is -0.240. The first-order valence-corrected chi connectivity index (χ1v) is 7.28. The summed E-state index contributed by atoms with van der Waals surface area (Å²) in [6.45, 7) is 1.91. The van der Waals surface area contributed by atoms with Crippen molar-refractivity contribution >= 4 is 62.1 Å².